The van der Waals surface area contributed by atoms with Crippen LogP contribution in [0, 0.1) is 0 Å². The summed E-state index contributed by atoms with van der Waals surface area (Å²) in [5.41, 5.74) is 4.71. The summed E-state index contributed by atoms with van der Waals surface area (Å²) in [5, 5.41) is 2.91. The number of hydrogen-bond donors (Lipinski definition) is 0. The zero-order valence-corrected chi connectivity index (χ0v) is 10.6. The van der Waals surface area contributed by atoms with Gasteiger partial charge in [0.2, 0.25) is 0 Å². The molecular formula is C13H9ClN2S. The summed E-state index contributed by atoms with van der Waals surface area (Å²) in [5.74, 6) is 0. The Hall–Kier alpha value is -1.32. The highest BCUT2D eigenvalue weighted by molar-refractivity contribution is 7.10. The predicted molar refractivity (Wildman–Crippen MR) is 70.9 cm³/mol. The molecule has 1 aliphatic rings. The van der Waals surface area contributed by atoms with E-state index in [4.69, 9.17) is 16.6 Å². The van der Waals surface area contributed by atoms with Crippen molar-refractivity contribution in [3.05, 3.63) is 45.4 Å². The minimum Gasteiger partial charge on any atom is -0.302 e. The lowest BCUT2D eigenvalue weighted by molar-refractivity contribution is 0.895. The van der Waals surface area contributed by atoms with Crippen LogP contribution in [0.1, 0.15) is 10.6 Å². The minimum absolute atomic E-state index is 0.758. The molecule has 0 atom stereocenters. The van der Waals surface area contributed by atoms with Gasteiger partial charge in [-0.1, -0.05) is 11.6 Å². The Labute approximate surface area is 107 Å². The molecule has 3 heterocycles. The molecule has 4 rings (SSSR count). The molecule has 0 saturated heterocycles. The van der Waals surface area contributed by atoms with E-state index in [0.717, 1.165) is 29.2 Å². The van der Waals surface area contributed by atoms with Gasteiger partial charge < -0.3 is 4.40 Å². The van der Waals surface area contributed by atoms with Crippen molar-refractivity contribution in [1.82, 2.24) is 9.38 Å². The van der Waals surface area contributed by atoms with Crippen molar-refractivity contribution >= 4 is 28.6 Å². The van der Waals surface area contributed by atoms with Crippen LogP contribution in [0.25, 0.3) is 16.9 Å². The van der Waals surface area contributed by atoms with Gasteiger partial charge in [-0.3, -0.25) is 0 Å². The van der Waals surface area contributed by atoms with E-state index in [0.29, 0.717) is 0 Å². The average Bonchev–Trinajstić information content (AvgIpc) is 2.91. The highest BCUT2D eigenvalue weighted by Crippen LogP contribution is 2.36. The second-order valence-electron chi connectivity index (χ2n) is 4.24. The number of fused-ring (bicyclic) bond motifs is 5. The van der Waals surface area contributed by atoms with Gasteiger partial charge in [0.15, 0.2) is 0 Å². The summed E-state index contributed by atoms with van der Waals surface area (Å²) in [6, 6.07) is 6.04. The predicted octanol–water partition coefficient (Wildman–Crippen LogP) is 3.81. The number of nitrogens with zero attached hydrogens (tertiary/aromatic N) is 2. The molecule has 2 nitrogen and oxygen atoms in total. The van der Waals surface area contributed by atoms with Gasteiger partial charge in [0.25, 0.3) is 0 Å². The van der Waals surface area contributed by atoms with Gasteiger partial charge in [0, 0.05) is 16.6 Å². The normalized spacial score (nSPS) is 13.7. The van der Waals surface area contributed by atoms with Crippen molar-refractivity contribution in [2.24, 2.45) is 0 Å². The average molecular weight is 261 g/mol. The maximum absolute atomic E-state index is 6.05. The highest BCUT2D eigenvalue weighted by Gasteiger charge is 2.22. The minimum atomic E-state index is 0.758. The molecule has 1 aliphatic carbocycles. The topological polar surface area (TPSA) is 17.3 Å². The molecule has 0 N–H and O–H groups in total. The first-order valence-electron chi connectivity index (χ1n) is 5.56. The fourth-order valence-electron chi connectivity index (χ4n) is 2.50. The fraction of sp³-hybridized carbons (Fsp3) is 0.154. The van der Waals surface area contributed by atoms with Crippen molar-refractivity contribution in [1.29, 1.82) is 0 Å². The number of halogens is 1. The van der Waals surface area contributed by atoms with Crippen LogP contribution in [0.2, 0.25) is 5.02 Å². The van der Waals surface area contributed by atoms with Crippen molar-refractivity contribution in [3.8, 4) is 11.3 Å². The van der Waals surface area contributed by atoms with E-state index in [2.05, 4.69) is 15.8 Å². The summed E-state index contributed by atoms with van der Waals surface area (Å²) in [7, 11) is 0. The van der Waals surface area contributed by atoms with Gasteiger partial charge in [-0.05, 0) is 36.4 Å². The van der Waals surface area contributed by atoms with Crippen molar-refractivity contribution in [2.75, 3.05) is 0 Å². The van der Waals surface area contributed by atoms with Crippen LogP contribution in [0.15, 0.2) is 29.8 Å². The van der Waals surface area contributed by atoms with Gasteiger partial charge in [0.1, 0.15) is 5.65 Å². The lowest BCUT2D eigenvalue weighted by atomic mass is 10.0. The van der Waals surface area contributed by atoms with Gasteiger partial charge in [-0.2, -0.15) is 0 Å². The molecule has 84 valence electrons. The van der Waals surface area contributed by atoms with Crippen LogP contribution in [-0.2, 0) is 12.8 Å². The molecule has 0 saturated carbocycles. The van der Waals surface area contributed by atoms with E-state index in [1.54, 1.807) is 0 Å². The number of aromatic nitrogens is 2. The molecule has 17 heavy (non-hydrogen) atoms. The molecule has 0 unspecified atom stereocenters. The number of rotatable bonds is 0. The Kier molecular flexibility index (Phi) is 1.90. The van der Waals surface area contributed by atoms with Gasteiger partial charge in [-0.15, -0.1) is 11.3 Å². The van der Waals surface area contributed by atoms with Crippen LogP contribution in [0.5, 0.6) is 0 Å². The molecule has 0 amide bonds. The summed E-state index contributed by atoms with van der Waals surface area (Å²) < 4.78 is 2.12. The van der Waals surface area contributed by atoms with Crippen LogP contribution in [-0.4, -0.2) is 9.38 Å². The molecular weight excluding hydrogens is 252 g/mol. The van der Waals surface area contributed by atoms with E-state index in [1.165, 1.54) is 16.1 Å². The van der Waals surface area contributed by atoms with Crippen molar-refractivity contribution in [3.63, 3.8) is 0 Å². The Bertz CT molecular complexity index is 726. The van der Waals surface area contributed by atoms with E-state index in [-0.39, 0.29) is 0 Å². The van der Waals surface area contributed by atoms with Gasteiger partial charge in [0.05, 0.1) is 16.4 Å². The van der Waals surface area contributed by atoms with Crippen molar-refractivity contribution < 1.29 is 0 Å². The van der Waals surface area contributed by atoms with E-state index < -0.39 is 0 Å². The first kappa shape index (κ1) is 9.68. The molecule has 0 spiro atoms. The maximum Gasteiger partial charge on any atom is 0.137 e. The quantitative estimate of drug-likeness (QED) is 0.601. The van der Waals surface area contributed by atoms with Gasteiger partial charge >= 0.3 is 0 Å². The second kappa shape index (κ2) is 3.34. The molecule has 3 aromatic heterocycles. The monoisotopic (exact) mass is 260 g/mol. The lowest BCUT2D eigenvalue weighted by Crippen LogP contribution is -2.02. The molecule has 0 bridgehead atoms. The molecule has 4 heteroatoms. The zero-order chi connectivity index (χ0) is 11.4. The Balaban J connectivity index is 2.10. The SMILES string of the molecule is Clc1ccc2nc3c(n2c1)CCc1sccc1-3. The van der Waals surface area contributed by atoms with Crippen LogP contribution in [0.4, 0.5) is 0 Å². The standard InChI is InChI=1S/C13H9ClN2S/c14-8-1-4-12-15-13-9-5-6-17-11(9)3-2-10(13)16(12)7-8/h1,4-7H,2-3H2. The Morgan fingerprint density at radius 3 is 3.12 bits per heavy atom. The molecule has 0 aromatic carbocycles. The van der Waals surface area contributed by atoms with Crippen LogP contribution in [0.3, 0.4) is 0 Å². The van der Waals surface area contributed by atoms with E-state index >= 15 is 0 Å². The molecule has 0 fully saturated rings. The number of hydrogen-bond acceptors (Lipinski definition) is 2. The third kappa shape index (κ3) is 1.30. The van der Waals surface area contributed by atoms with E-state index in [9.17, 15) is 0 Å². The number of pyridine rings is 1. The fourth-order valence-corrected chi connectivity index (χ4v) is 3.54. The third-order valence-electron chi connectivity index (χ3n) is 3.27. The van der Waals surface area contributed by atoms with Crippen LogP contribution < -0.4 is 0 Å². The first-order valence-corrected chi connectivity index (χ1v) is 6.82. The summed E-state index contributed by atoms with van der Waals surface area (Å²) in [6.45, 7) is 0. The lowest BCUT2D eigenvalue weighted by Gasteiger charge is -2.11. The van der Waals surface area contributed by atoms with Crippen LogP contribution >= 0.6 is 22.9 Å². The number of imidazole rings is 1. The summed E-state index contributed by atoms with van der Waals surface area (Å²) >= 11 is 7.88. The Morgan fingerprint density at radius 2 is 2.18 bits per heavy atom. The highest BCUT2D eigenvalue weighted by atomic mass is 35.5. The molecule has 3 aromatic rings. The number of thiophene rings is 1. The maximum atomic E-state index is 6.05. The summed E-state index contributed by atoms with van der Waals surface area (Å²) in [6.07, 6.45) is 4.12. The molecule has 0 radical (unpaired) electrons. The van der Waals surface area contributed by atoms with E-state index in [1.807, 2.05) is 29.7 Å². The van der Waals surface area contributed by atoms with Crippen molar-refractivity contribution in [2.45, 2.75) is 12.8 Å². The Morgan fingerprint density at radius 1 is 1.24 bits per heavy atom. The number of aryl methyl sites for hydroxylation is 2. The molecule has 0 aliphatic heterocycles. The summed E-state index contributed by atoms with van der Waals surface area (Å²) in [4.78, 5) is 6.17. The van der Waals surface area contributed by atoms with Gasteiger partial charge in [-0.25, -0.2) is 4.98 Å². The third-order valence-corrected chi connectivity index (χ3v) is 4.48. The largest absolute Gasteiger partial charge is 0.302 e. The smallest absolute Gasteiger partial charge is 0.137 e. The zero-order valence-electron chi connectivity index (χ0n) is 8.98. The second-order valence-corrected chi connectivity index (χ2v) is 5.68. The first-order chi connectivity index (χ1) is 8.33.